The smallest absolute Gasteiger partial charge is 0.279 e. The van der Waals surface area contributed by atoms with Gasteiger partial charge in [-0.1, -0.05) is 22.0 Å². The average molecular weight is 398 g/mol. The van der Waals surface area contributed by atoms with Gasteiger partial charge in [0.15, 0.2) is 11.2 Å². The van der Waals surface area contributed by atoms with E-state index in [2.05, 4.69) is 32.1 Å². The molecule has 0 fully saturated rings. The van der Waals surface area contributed by atoms with Gasteiger partial charge in [0, 0.05) is 4.47 Å². The lowest BCUT2D eigenvalue weighted by Crippen LogP contribution is -2.50. The summed E-state index contributed by atoms with van der Waals surface area (Å²) in [7, 11) is 0. The zero-order valence-electron chi connectivity index (χ0n) is 12.3. The van der Waals surface area contributed by atoms with Crippen LogP contribution in [0.25, 0.3) is 0 Å². The number of nitrogens with one attached hydrogen (secondary N) is 3. The van der Waals surface area contributed by atoms with Crippen LogP contribution < -0.4 is 20.9 Å². The lowest BCUT2D eigenvalue weighted by Gasteiger charge is -2.16. The summed E-state index contributed by atoms with van der Waals surface area (Å²) >= 11 is 8.40. The molecule has 0 aliphatic carbocycles. The molecule has 1 atom stereocenters. The summed E-state index contributed by atoms with van der Waals surface area (Å²) in [5.74, 6) is 1.000. The third-order valence-corrected chi connectivity index (χ3v) is 3.52. The minimum absolute atomic E-state index is 0.282. The predicted octanol–water partition coefficient (Wildman–Crippen LogP) is 2.50. The molecule has 23 heavy (non-hydrogen) atoms. The molecule has 0 saturated heterocycles. The maximum absolute atomic E-state index is 12.0. The van der Waals surface area contributed by atoms with Crippen LogP contribution in [0.1, 0.15) is 12.7 Å². The van der Waals surface area contributed by atoms with Crippen molar-refractivity contribution < 1.29 is 13.9 Å². The molecule has 1 heterocycles. The zero-order chi connectivity index (χ0) is 16.7. The maximum Gasteiger partial charge on any atom is 0.279 e. The molecule has 122 valence electrons. The zero-order valence-corrected chi connectivity index (χ0v) is 14.7. The van der Waals surface area contributed by atoms with E-state index in [-0.39, 0.29) is 11.0 Å². The number of hydrogen-bond donors (Lipinski definition) is 3. The van der Waals surface area contributed by atoms with Crippen molar-refractivity contribution in [3.8, 4) is 5.75 Å². The standard InChI is InChI=1S/C15H16BrN3O3S/c1-10(22-12-5-2-4-11(16)8-12)14(20)18-19-15(23)17-9-13-6-3-7-21-13/h2-8,10H,9H2,1H3,(H,18,20)(H2,17,19,23)/t10-/m1/s1. The number of rotatable bonds is 5. The van der Waals surface area contributed by atoms with Gasteiger partial charge in [0.25, 0.3) is 5.91 Å². The van der Waals surface area contributed by atoms with E-state index in [9.17, 15) is 4.79 Å². The minimum atomic E-state index is -0.676. The van der Waals surface area contributed by atoms with Crippen LogP contribution in [-0.4, -0.2) is 17.1 Å². The first-order chi connectivity index (χ1) is 11.0. The normalized spacial score (nSPS) is 11.4. The second-order valence-electron chi connectivity index (χ2n) is 4.59. The number of ether oxygens (including phenoxy) is 1. The molecule has 0 bridgehead atoms. The van der Waals surface area contributed by atoms with Gasteiger partial charge in [-0.3, -0.25) is 15.6 Å². The highest BCUT2D eigenvalue weighted by atomic mass is 79.9. The molecule has 0 unspecified atom stereocenters. The molecule has 0 spiro atoms. The fourth-order valence-corrected chi connectivity index (χ4v) is 2.14. The fourth-order valence-electron chi connectivity index (χ4n) is 1.64. The molecule has 0 saturated carbocycles. The van der Waals surface area contributed by atoms with Crippen LogP contribution in [0.2, 0.25) is 0 Å². The Bertz CT molecular complexity index is 664. The quantitative estimate of drug-likeness (QED) is 0.531. The maximum atomic E-state index is 12.0. The summed E-state index contributed by atoms with van der Waals surface area (Å²) in [6, 6.07) is 10.9. The monoisotopic (exact) mass is 397 g/mol. The number of carbonyl (C=O) groups is 1. The van der Waals surface area contributed by atoms with E-state index < -0.39 is 6.10 Å². The second-order valence-corrected chi connectivity index (χ2v) is 5.92. The Hall–Kier alpha value is -2.06. The second kappa shape index (κ2) is 8.54. The Labute approximate surface area is 147 Å². The number of amides is 1. The molecule has 2 aromatic rings. The van der Waals surface area contributed by atoms with Crippen LogP contribution in [0.4, 0.5) is 0 Å². The molecule has 8 heteroatoms. The first kappa shape index (κ1) is 17.3. The topological polar surface area (TPSA) is 75.5 Å². The van der Waals surface area contributed by atoms with Crippen molar-refractivity contribution in [1.29, 1.82) is 0 Å². The third kappa shape index (κ3) is 5.91. The summed E-state index contributed by atoms with van der Waals surface area (Å²) in [5.41, 5.74) is 5.10. The highest BCUT2D eigenvalue weighted by Gasteiger charge is 2.14. The number of hydrazine groups is 1. The van der Waals surface area contributed by atoms with E-state index >= 15 is 0 Å². The molecular weight excluding hydrogens is 382 g/mol. The van der Waals surface area contributed by atoms with Crippen molar-refractivity contribution in [3.05, 3.63) is 52.9 Å². The van der Waals surface area contributed by atoms with Crippen LogP contribution in [-0.2, 0) is 11.3 Å². The Morgan fingerprint density at radius 3 is 2.87 bits per heavy atom. The van der Waals surface area contributed by atoms with Gasteiger partial charge in [-0.15, -0.1) is 0 Å². The molecule has 0 radical (unpaired) electrons. The number of halogens is 1. The first-order valence-electron chi connectivity index (χ1n) is 6.83. The molecule has 1 aromatic carbocycles. The van der Waals surface area contributed by atoms with E-state index in [1.165, 1.54) is 0 Å². The molecular formula is C15H16BrN3O3S. The van der Waals surface area contributed by atoms with Gasteiger partial charge in [0.2, 0.25) is 0 Å². The SMILES string of the molecule is C[C@@H](Oc1cccc(Br)c1)C(=O)NNC(=S)NCc1ccco1. The Morgan fingerprint density at radius 1 is 1.35 bits per heavy atom. The summed E-state index contributed by atoms with van der Waals surface area (Å²) in [6.45, 7) is 2.08. The molecule has 0 aliphatic rings. The lowest BCUT2D eigenvalue weighted by molar-refractivity contribution is -0.127. The van der Waals surface area contributed by atoms with Crippen LogP contribution in [0.5, 0.6) is 5.75 Å². The summed E-state index contributed by atoms with van der Waals surface area (Å²) in [4.78, 5) is 12.0. The van der Waals surface area contributed by atoms with Gasteiger partial charge < -0.3 is 14.5 Å². The highest BCUT2D eigenvalue weighted by Crippen LogP contribution is 2.18. The van der Waals surface area contributed by atoms with Gasteiger partial charge >= 0.3 is 0 Å². The minimum Gasteiger partial charge on any atom is -0.481 e. The van der Waals surface area contributed by atoms with Crippen molar-refractivity contribution in [2.24, 2.45) is 0 Å². The fraction of sp³-hybridized carbons (Fsp3) is 0.200. The van der Waals surface area contributed by atoms with Crippen molar-refractivity contribution in [2.75, 3.05) is 0 Å². The van der Waals surface area contributed by atoms with Crippen LogP contribution >= 0.6 is 28.1 Å². The third-order valence-electron chi connectivity index (χ3n) is 2.78. The molecule has 3 N–H and O–H groups in total. The lowest BCUT2D eigenvalue weighted by atomic mass is 10.3. The van der Waals surface area contributed by atoms with Crippen molar-refractivity contribution in [3.63, 3.8) is 0 Å². The largest absolute Gasteiger partial charge is 0.481 e. The molecule has 2 rings (SSSR count). The summed E-state index contributed by atoms with van der Waals surface area (Å²) < 4.78 is 11.6. The molecule has 6 nitrogen and oxygen atoms in total. The van der Waals surface area contributed by atoms with Crippen molar-refractivity contribution in [1.82, 2.24) is 16.2 Å². The van der Waals surface area contributed by atoms with E-state index in [0.29, 0.717) is 12.3 Å². The Balaban J connectivity index is 1.72. The Kier molecular flexibility index (Phi) is 6.42. The molecule has 1 amide bonds. The van der Waals surface area contributed by atoms with Crippen LogP contribution in [0, 0.1) is 0 Å². The van der Waals surface area contributed by atoms with Gasteiger partial charge in [-0.25, -0.2) is 0 Å². The van der Waals surface area contributed by atoms with Gasteiger partial charge in [0.05, 0.1) is 12.8 Å². The molecule has 1 aromatic heterocycles. The number of carbonyl (C=O) groups excluding carboxylic acids is 1. The highest BCUT2D eigenvalue weighted by molar-refractivity contribution is 9.10. The van der Waals surface area contributed by atoms with Gasteiger partial charge in [-0.05, 0) is 49.5 Å². The van der Waals surface area contributed by atoms with E-state index in [1.807, 2.05) is 18.2 Å². The first-order valence-corrected chi connectivity index (χ1v) is 8.03. The van der Waals surface area contributed by atoms with E-state index in [0.717, 1.165) is 10.2 Å². The average Bonchev–Trinajstić information content (AvgIpc) is 3.04. The van der Waals surface area contributed by atoms with Crippen molar-refractivity contribution in [2.45, 2.75) is 19.6 Å². The van der Waals surface area contributed by atoms with Crippen molar-refractivity contribution >= 4 is 39.2 Å². The van der Waals surface area contributed by atoms with Gasteiger partial charge in [-0.2, -0.15) is 0 Å². The number of benzene rings is 1. The van der Waals surface area contributed by atoms with E-state index in [4.69, 9.17) is 21.4 Å². The van der Waals surface area contributed by atoms with Gasteiger partial charge in [0.1, 0.15) is 11.5 Å². The molecule has 0 aliphatic heterocycles. The number of furan rings is 1. The summed E-state index contributed by atoms with van der Waals surface area (Å²) in [5, 5.41) is 3.18. The van der Waals surface area contributed by atoms with Crippen LogP contribution in [0.3, 0.4) is 0 Å². The van der Waals surface area contributed by atoms with Crippen LogP contribution in [0.15, 0.2) is 51.6 Å². The summed E-state index contributed by atoms with van der Waals surface area (Å²) in [6.07, 6.45) is 0.903. The number of thiocarbonyl (C=S) groups is 1. The Morgan fingerprint density at radius 2 is 2.17 bits per heavy atom. The van der Waals surface area contributed by atoms with E-state index in [1.54, 1.807) is 31.4 Å². The predicted molar refractivity (Wildman–Crippen MR) is 93.7 cm³/mol. The number of hydrogen-bond acceptors (Lipinski definition) is 4.